The highest BCUT2D eigenvalue weighted by Gasteiger charge is 2.18. The normalized spacial score (nSPS) is 15.0. The molecule has 0 aromatic rings. The third-order valence-electron chi connectivity index (χ3n) is 1.87. The van der Waals surface area contributed by atoms with Crippen LogP contribution in [-0.4, -0.2) is 42.7 Å². The number of rotatable bonds is 4. The topological polar surface area (TPSA) is 37.3 Å². The lowest BCUT2D eigenvalue weighted by atomic mass is 10.1. The molecule has 0 saturated heterocycles. The number of aliphatic carboxylic acids is 1. The fourth-order valence-electron chi connectivity index (χ4n) is 1.14. The average molecular weight is 172 g/mol. The van der Waals surface area contributed by atoms with E-state index in [-0.39, 0.29) is 6.04 Å². The molecule has 0 heterocycles. The summed E-state index contributed by atoms with van der Waals surface area (Å²) in [5.41, 5.74) is 0. The van der Waals surface area contributed by atoms with Gasteiger partial charge in [0.1, 0.15) is 6.04 Å². The van der Waals surface area contributed by atoms with E-state index in [9.17, 15) is 4.79 Å². The summed E-state index contributed by atoms with van der Waals surface area (Å²) >= 11 is 0. The van der Waals surface area contributed by atoms with Gasteiger partial charge in [0.05, 0.1) is 21.1 Å². The molecule has 0 aromatic heterocycles. The zero-order valence-electron chi connectivity index (χ0n) is 8.24. The van der Waals surface area contributed by atoms with Crippen molar-refractivity contribution in [3.05, 3.63) is 12.2 Å². The van der Waals surface area contributed by atoms with E-state index in [1.165, 1.54) is 6.08 Å². The van der Waals surface area contributed by atoms with Crippen molar-refractivity contribution in [2.75, 3.05) is 21.1 Å². The monoisotopic (exact) mass is 172 g/mol. The molecule has 1 atom stereocenters. The third kappa shape index (κ3) is 4.13. The lowest BCUT2D eigenvalue weighted by Crippen LogP contribution is -2.43. The predicted molar refractivity (Wildman–Crippen MR) is 48.9 cm³/mol. The quantitative estimate of drug-likeness (QED) is 0.509. The Labute approximate surface area is 73.9 Å². The molecule has 0 rings (SSSR count). The van der Waals surface area contributed by atoms with Gasteiger partial charge in [0.15, 0.2) is 0 Å². The molecule has 0 radical (unpaired) electrons. The molecular weight excluding hydrogens is 154 g/mol. The molecule has 0 bridgehead atoms. The van der Waals surface area contributed by atoms with E-state index in [1.54, 1.807) is 6.08 Å². The lowest BCUT2D eigenvalue weighted by molar-refractivity contribution is -0.889. The van der Waals surface area contributed by atoms with Crippen LogP contribution in [0.2, 0.25) is 0 Å². The Kier molecular flexibility index (Phi) is 3.96. The zero-order chi connectivity index (χ0) is 9.78. The highest BCUT2D eigenvalue weighted by molar-refractivity contribution is 5.79. The molecule has 1 N–H and O–H groups in total. The SMILES string of the molecule is CCC(/C=C/C(=O)O)[N+](C)(C)C. The Hall–Kier alpha value is -0.830. The summed E-state index contributed by atoms with van der Waals surface area (Å²) in [5.74, 6) is -0.873. The van der Waals surface area contributed by atoms with Crippen LogP contribution in [0.25, 0.3) is 0 Å². The van der Waals surface area contributed by atoms with E-state index in [2.05, 4.69) is 28.1 Å². The Morgan fingerprint density at radius 1 is 1.50 bits per heavy atom. The van der Waals surface area contributed by atoms with Crippen LogP contribution < -0.4 is 0 Å². The summed E-state index contributed by atoms with van der Waals surface area (Å²) in [7, 11) is 6.17. The van der Waals surface area contributed by atoms with Gasteiger partial charge in [0.2, 0.25) is 0 Å². The van der Waals surface area contributed by atoms with Gasteiger partial charge in [-0.2, -0.15) is 0 Å². The van der Waals surface area contributed by atoms with Gasteiger partial charge in [0, 0.05) is 12.5 Å². The second kappa shape index (κ2) is 4.26. The van der Waals surface area contributed by atoms with Crippen molar-refractivity contribution in [3.63, 3.8) is 0 Å². The van der Waals surface area contributed by atoms with Gasteiger partial charge in [0.25, 0.3) is 0 Å². The van der Waals surface area contributed by atoms with Crippen LogP contribution in [0.5, 0.6) is 0 Å². The minimum atomic E-state index is -0.873. The van der Waals surface area contributed by atoms with E-state index < -0.39 is 5.97 Å². The van der Waals surface area contributed by atoms with Gasteiger partial charge in [-0.25, -0.2) is 4.79 Å². The molecule has 3 nitrogen and oxygen atoms in total. The Morgan fingerprint density at radius 3 is 2.25 bits per heavy atom. The van der Waals surface area contributed by atoms with Crippen LogP contribution in [0.4, 0.5) is 0 Å². The van der Waals surface area contributed by atoms with Gasteiger partial charge in [-0.3, -0.25) is 0 Å². The van der Waals surface area contributed by atoms with Crippen molar-refractivity contribution in [1.82, 2.24) is 0 Å². The van der Waals surface area contributed by atoms with Crippen LogP contribution in [-0.2, 0) is 4.79 Å². The summed E-state index contributed by atoms with van der Waals surface area (Å²) in [6.45, 7) is 2.06. The smallest absolute Gasteiger partial charge is 0.328 e. The van der Waals surface area contributed by atoms with Crippen molar-refractivity contribution < 1.29 is 14.4 Å². The Morgan fingerprint density at radius 2 is 2.00 bits per heavy atom. The number of carboxylic acids is 1. The van der Waals surface area contributed by atoms with Crippen molar-refractivity contribution >= 4 is 5.97 Å². The van der Waals surface area contributed by atoms with Gasteiger partial charge in [-0.15, -0.1) is 0 Å². The fourth-order valence-corrected chi connectivity index (χ4v) is 1.14. The molecule has 0 amide bonds. The third-order valence-corrected chi connectivity index (χ3v) is 1.87. The second-order valence-electron chi connectivity index (χ2n) is 3.79. The first kappa shape index (κ1) is 11.2. The van der Waals surface area contributed by atoms with E-state index in [0.29, 0.717) is 0 Å². The maximum absolute atomic E-state index is 10.3. The molecule has 3 heteroatoms. The van der Waals surface area contributed by atoms with Gasteiger partial charge >= 0.3 is 5.97 Å². The summed E-state index contributed by atoms with van der Waals surface area (Å²) in [4.78, 5) is 10.3. The largest absolute Gasteiger partial charge is 0.478 e. The van der Waals surface area contributed by atoms with Crippen molar-refractivity contribution in [3.8, 4) is 0 Å². The molecule has 0 aliphatic heterocycles. The number of carboxylic acid groups (broad SMARTS) is 1. The van der Waals surface area contributed by atoms with Crippen LogP contribution in [0.3, 0.4) is 0 Å². The predicted octanol–water partition coefficient (Wildman–Crippen LogP) is 1.11. The van der Waals surface area contributed by atoms with Crippen LogP contribution in [0.1, 0.15) is 13.3 Å². The first-order valence-corrected chi connectivity index (χ1v) is 4.10. The number of likely N-dealkylation sites (N-methyl/N-ethyl adjacent to an activating group) is 1. The lowest BCUT2D eigenvalue weighted by Gasteiger charge is -2.31. The van der Waals surface area contributed by atoms with E-state index in [4.69, 9.17) is 5.11 Å². The van der Waals surface area contributed by atoms with E-state index in [0.717, 1.165) is 10.9 Å². The Bertz CT molecular complexity index is 179. The van der Waals surface area contributed by atoms with Gasteiger partial charge < -0.3 is 9.59 Å². The molecule has 0 aliphatic carbocycles. The number of nitrogens with zero attached hydrogens (tertiary/aromatic N) is 1. The number of quaternary nitrogens is 1. The standard InChI is InChI=1S/C9H17NO2/c1-5-8(10(2,3)4)6-7-9(11)12/h6-8H,5H2,1-4H3/p+1/b7-6+. The molecule has 0 aliphatic rings. The van der Waals surface area contributed by atoms with Gasteiger partial charge in [-0.05, 0) is 6.08 Å². The molecule has 0 saturated carbocycles. The summed E-state index contributed by atoms with van der Waals surface area (Å²) in [5, 5.41) is 8.43. The number of hydrogen-bond donors (Lipinski definition) is 1. The maximum atomic E-state index is 10.3. The first-order valence-electron chi connectivity index (χ1n) is 4.10. The summed E-state index contributed by atoms with van der Waals surface area (Å²) in [6.07, 6.45) is 3.92. The zero-order valence-corrected chi connectivity index (χ0v) is 8.24. The van der Waals surface area contributed by atoms with Crippen molar-refractivity contribution in [2.45, 2.75) is 19.4 Å². The highest BCUT2D eigenvalue weighted by Crippen LogP contribution is 2.08. The number of hydrogen-bond acceptors (Lipinski definition) is 1. The molecular formula is C9H18NO2+. The fraction of sp³-hybridized carbons (Fsp3) is 0.667. The minimum Gasteiger partial charge on any atom is -0.478 e. The van der Waals surface area contributed by atoms with Gasteiger partial charge in [-0.1, -0.05) is 6.92 Å². The molecule has 1 unspecified atom stereocenters. The van der Waals surface area contributed by atoms with Crippen molar-refractivity contribution in [1.29, 1.82) is 0 Å². The first-order chi connectivity index (χ1) is 5.38. The molecule has 0 fully saturated rings. The molecule has 70 valence electrons. The minimum absolute atomic E-state index is 0.279. The highest BCUT2D eigenvalue weighted by atomic mass is 16.4. The average Bonchev–Trinajstić information content (AvgIpc) is 1.85. The summed E-state index contributed by atoms with van der Waals surface area (Å²) in [6, 6.07) is 0.279. The van der Waals surface area contributed by atoms with Crippen LogP contribution >= 0.6 is 0 Å². The molecule has 0 spiro atoms. The van der Waals surface area contributed by atoms with E-state index in [1.807, 2.05) is 0 Å². The van der Waals surface area contributed by atoms with Crippen LogP contribution in [0, 0.1) is 0 Å². The van der Waals surface area contributed by atoms with Crippen molar-refractivity contribution in [2.24, 2.45) is 0 Å². The van der Waals surface area contributed by atoms with E-state index >= 15 is 0 Å². The summed E-state index contributed by atoms with van der Waals surface area (Å²) < 4.78 is 0.764. The molecule has 12 heavy (non-hydrogen) atoms. The Balaban J connectivity index is 4.28. The maximum Gasteiger partial charge on any atom is 0.328 e. The number of carbonyl (C=O) groups is 1. The second-order valence-corrected chi connectivity index (χ2v) is 3.79. The van der Waals surface area contributed by atoms with Crippen LogP contribution in [0.15, 0.2) is 12.2 Å². The molecule has 0 aromatic carbocycles.